The zero-order chi connectivity index (χ0) is 17.7. The van der Waals surface area contributed by atoms with Gasteiger partial charge in [0.1, 0.15) is 17.8 Å². The SMILES string of the molecule is [2H]C([2H])(NC(=O)c1cc(C(=O)OC)ncn1)c1cccc(OC)c1. The lowest BCUT2D eigenvalue weighted by molar-refractivity contribution is 0.0593. The van der Waals surface area contributed by atoms with Gasteiger partial charge in [0.2, 0.25) is 0 Å². The Morgan fingerprint density at radius 2 is 2.00 bits per heavy atom. The number of benzene rings is 1. The normalized spacial score (nSPS) is 11.9. The van der Waals surface area contributed by atoms with E-state index in [4.69, 9.17) is 7.48 Å². The Balaban J connectivity index is 2.23. The largest absolute Gasteiger partial charge is 0.497 e. The first-order chi connectivity index (χ1) is 11.4. The number of hydrogen-bond acceptors (Lipinski definition) is 6. The summed E-state index contributed by atoms with van der Waals surface area (Å²) in [7, 11) is 2.65. The van der Waals surface area contributed by atoms with E-state index in [9.17, 15) is 9.59 Å². The van der Waals surface area contributed by atoms with Crippen LogP contribution in [-0.2, 0) is 11.2 Å². The van der Waals surface area contributed by atoms with Gasteiger partial charge in [-0.2, -0.15) is 0 Å². The summed E-state index contributed by atoms with van der Waals surface area (Å²) in [5, 5.41) is 2.22. The third-order valence-corrected chi connectivity index (χ3v) is 2.68. The summed E-state index contributed by atoms with van der Waals surface area (Å²) >= 11 is 0. The summed E-state index contributed by atoms with van der Waals surface area (Å²) in [6.45, 7) is -2.16. The smallest absolute Gasteiger partial charge is 0.356 e. The molecule has 1 N–H and O–H groups in total. The summed E-state index contributed by atoms with van der Waals surface area (Å²) in [6.07, 6.45) is 1.03. The molecule has 0 spiro atoms. The van der Waals surface area contributed by atoms with Crippen LogP contribution in [0.1, 0.15) is 29.3 Å². The predicted molar refractivity (Wildman–Crippen MR) is 77.5 cm³/mol. The van der Waals surface area contributed by atoms with Gasteiger partial charge in [-0.15, -0.1) is 0 Å². The van der Waals surface area contributed by atoms with Gasteiger partial charge >= 0.3 is 5.97 Å². The summed E-state index contributed by atoms with van der Waals surface area (Å²) in [5.74, 6) is -1.06. The van der Waals surface area contributed by atoms with Gasteiger partial charge in [0.15, 0.2) is 5.69 Å². The lowest BCUT2D eigenvalue weighted by Crippen LogP contribution is -2.24. The first-order valence-corrected chi connectivity index (χ1v) is 6.25. The number of aromatic nitrogens is 2. The molecule has 2 rings (SSSR count). The number of ether oxygens (including phenoxy) is 2. The number of carbonyl (C=O) groups is 2. The Labute approximate surface area is 130 Å². The molecule has 0 saturated heterocycles. The minimum Gasteiger partial charge on any atom is -0.497 e. The van der Waals surface area contributed by atoms with Crippen molar-refractivity contribution in [2.45, 2.75) is 6.50 Å². The maximum atomic E-state index is 12.2. The van der Waals surface area contributed by atoms with Crippen molar-refractivity contribution in [3.05, 3.63) is 53.6 Å². The molecule has 1 amide bonds. The molecule has 7 nitrogen and oxygen atoms in total. The molecular formula is C15H15N3O4. The molecule has 0 saturated carbocycles. The quantitative estimate of drug-likeness (QED) is 0.835. The van der Waals surface area contributed by atoms with Crippen LogP contribution in [0.15, 0.2) is 36.7 Å². The molecule has 0 atom stereocenters. The van der Waals surface area contributed by atoms with Crippen molar-refractivity contribution in [2.75, 3.05) is 14.2 Å². The molecule has 1 aromatic carbocycles. The third kappa shape index (κ3) is 3.78. The fourth-order valence-corrected chi connectivity index (χ4v) is 1.59. The molecule has 7 heteroatoms. The van der Waals surface area contributed by atoms with Crippen LogP contribution in [0, 0.1) is 0 Å². The van der Waals surface area contributed by atoms with Gasteiger partial charge in [0, 0.05) is 12.6 Å². The van der Waals surface area contributed by atoms with Gasteiger partial charge in [-0.3, -0.25) is 4.79 Å². The Hall–Kier alpha value is -2.96. The Kier molecular flexibility index (Phi) is 4.15. The van der Waals surface area contributed by atoms with E-state index in [2.05, 4.69) is 20.0 Å². The van der Waals surface area contributed by atoms with E-state index in [1.165, 1.54) is 26.4 Å². The average molecular weight is 303 g/mol. The van der Waals surface area contributed by atoms with E-state index in [0.29, 0.717) is 5.75 Å². The maximum Gasteiger partial charge on any atom is 0.356 e. The van der Waals surface area contributed by atoms with Crippen molar-refractivity contribution in [1.29, 1.82) is 0 Å². The van der Waals surface area contributed by atoms with Crippen LogP contribution in [0.3, 0.4) is 0 Å². The highest BCUT2D eigenvalue weighted by atomic mass is 16.5. The van der Waals surface area contributed by atoms with Gasteiger partial charge in [0.05, 0.1) is 17.0 Å². The Bertz CT molecular complexity index is 768. The van der Waals surface area contributed by atoms with Crippen LogP contribution in [0.4, 0.5) is 0 Å². The second-order valence-electron chi connectivity index (χ2n) is 4.09. The number of amides is 1. The minimum atomic E-state index is -2.16. The highest BCUT2D eigenvalue weighted by Crippen LogP contribution is 2.12. The van der Waals surface area contributed by atoms with E-state index in [-0.39, 0.29) is 17.0 Å². The number of hydrogen-bond donors (Lipinski definition) is 1. The molecule has 1 aromatic heterocycles. The second-order valence-corrected chi connectivity index (χ2v) is 4.09. The molecule has 0 fully saturated rings. The lowest BCUT2D eigenvalue weighted by Gasteiger charge is -2.07. The van der Waals surface area contributed by atoms with E-state index >= 15 is 0 Å². The van der Waals surface area contributed by atoms with Crippen molar-refractivity contribution in [3.63, 3.8) is 0 Å². The molecule has 0 aliphatic heterocycles. The fraction of sp³-hybridized carbons (Fsp3) is 0.200. The van der Waals surface area contributed by atoms with E-state index in [1.54, 1.807) is 12.1 Å². The van der Waals surface area contributed by atoms with Crippen LogP contribution in [0.2, 0.25) is 0 Å². The number of methoxy groups -OCH3 is 2. The van der Waals surface area contributed by atoms with E-state index < -0.39 is 18.4 Å². The van der Waals surface area contributed by atoms with Crippen molar-refractivity contribution in [2.24, 2.45) is 0 Å². The average Bonchev–Trinajstić information content (AvgIpc) is 2.60. The monoisotopic (exact) mass is 303 g/mol. The van der Waals surface area contributed by atoms with Gasteiger partial charge in [0.25, 0.3) is 5.91 Å². The van der Waals surface area contributed by atoms with Crippen molar-refractivity contribution in [3.8, 4) is 5.75 Å². The number of esters is 1. The summed E-state index contributed by atoms with van der Waals surface area (Å²) < 4.78 is 25.6. The summed E-state index contributed by atoms with van der Waals surface area (Å²) in [5.41, 5.74) is -0.0470. The minimum absolute atomic E-state index is 0.0976. The first kappa shape index (κ1) is 12.8. The molecule has 2 aromatic rings. The number of carbonyl (C=O) groups excluding carboxylic acids is 2. The lowest BCUT2D eigenvalue weighted by atomic mass is 10.2. The van der Waals surface area contributed by atoms with Crippen LogP contribution in [0.25, 0.3) is 0 Å². The summed E-state index contributed by atoms with van der Waals surface area (Å²) in [4.78, 5) is 31.1. The van der Waals surface area contributed by atoms with Gasteiger partial charge in [-0.05, 0) is 17.7 Å². The van der Waals surface area contributed by atoms with E-state index in [1.807, 2.05) is 0 Å². The van der Waals surface area contributed by atoms with Gasteiger partial charge < -0.3 is 14.8 Å². The fourth-order valence-electron chi connectivity index (χ4n) is 1.59. The predicted octanol–water partition coefficient (Wildman–Crippen LogP) is 1.20. The standard InChI is InChI=1S/C15H15N3O4/c1-21-11-5-3-4-10(6-11)8-16-14(19)12-7-13(15(20)22-2)18-9-17-12/h3-7,9H,8H2,1-2H3,(H,16,19)/i8D2. The second kappa shape index (κ2) is 7.16. The topological polar surface area (TPSA) is 90.4 Å². The molecule has 0 aliphatic rings. The highest BCUT2D eigenvalue weighted by Gasteiger charge is 2.13. The van der Waals surface area contributed by atoms with Crippen LogP contribution >= 0.6 is 0 Å². The van der Waals surface area contributed by atoms with E-state index in [0.717, 1.165) is 12.4 Å². The van der Waals surface area contributed by atoms with Crippen LogP contribution < -0.4 is 10.1 Å². The molecule has 114 valence electrons. The number of rotatable bonds is 5. The molecule has 0 bridgehead atoms. The van der Waals surface area contributed by atoms with Crippen molar-refractivity contribution >= 4 is 11.9 Å². The number of nitrogens with zero attached hydrogens (tertiary/aromatic N) is 2. The van der Waals surface area contributed by atoms with Crippen LogP contribution in [0.5, 0.6) is 5.75 Å². The Morgan fingerprint density at radius 3 is 2.73 bits per heavy atom. The third-order valence-electron chi connectivity index (χ3n) is 2.68. The van der Waals surface area contributed by atoms with Crippen molar-refractivity contribution < 1.29 is 21.8 Å². The zero-order valence-corrected chi connectivity index (χ0v) is 12.0. The van der Waals surface area contributed by atoms with Gasteiger partial charge in [-0.1, -0.05) is 12.1 Å². The van der Waals surface area contributed by atoms with Crippen LogP contribution in [-0.4, -0.2) is 36.1 Å². The molecule has 1 heterocycles. The Morgan fingerprint density at radius 1 is 1.23 bits per heavy atom. The summed E-state index contributed by atoms with van der Waals surface area (Å²) in [6, 6.07) is 7.39. The molecule has 0 radical (unpaired) electrons. The highest BCUT2D eigenvalue weighted by molar-refractivity contribution is 5.95. The van der Waals surface area contributed by atoms with Crippen molar-refractivity contribution in [1.82, 2.24) is 15.3 Å². The zero-order valence-electron chi connectivity index (χ0n) is 14.0. The number of nitrogens with one attached hydrogen (secondary N) is 1. The molecule has 22 heavy (non-hydrogen) atoms. The molecule has 0 unspecified atom stereocenters. The van der Waals surface area contributed by atoms with Gasteiger partial charge in [-0.25, -0.2) is 14.8 Å². The first-order valence-electron chi connectivity index (χ1n) is 7.25. The molecular weight excluding hydrogens is 286 g/mol. The molecule has 0 aliphatic carbocycles. The maximum absolute atomic E-state index is 12.2.